The average molecular weight is 295 g/mol. The molecule has 1 aromatic carbocycles. The van der Waals surface area contributed by atoms with E-state index in [1.807, 2.05) is 12.1 Å². The first-order valence-corrected chi connectivity index (χ1v) is 8.07. The van der Waals surface area contributed by atoms with Crippen molar-refractivity contribution in [1.29, 1.82) is 0 Å². The number of fused-ring (bicyclic) bond motifs is 2. The minimum absolute atomic E-state index is 0.0404. The molecule has 0 radical (unpaired) electrons. The van der Waals surface area contributed by atoms with Crippen molar-refractivity contribution < 1.29 is 4.79 Å². The van der Waals surface area contributed by atoms with Gasteiger partial charge in [-0.05, 0) is 42.4 Å². The summed E-state index contributed by atoms with van der Waals surface area (Å²) < 4.78 is 0. The van der Waals surface area contributed by atoms with Crippen LogP contribution in [0.15, 0.2) is 18.2 Å². The van der Waals surface area contributed by atoms with Gasteiger partial charge in [-0.3, -0.25) is 9.89 Å². The molecule has 4 heteroatoms. The summed E-state index contributed by atoms with van der Waals surface area (Å²) in [6, 6.07) is 6.11. The van der Waals surface area contributed by atoms with Crippen molar-refractivity contribution >= 4 is 5.91 Å². The summed E-state index contributed by atoms with van der Waals surface area (Å²) in [5.74, 6) is 0.0404. The molecular formula is C18H21N3O. The maximum Gasteiger partial charge on any atom is 0.251 e. The number of aromatic nitrogens is 2. The van der Waals surface area contributed by atoms with E-state index in [0.29, 0.717) is 5.41 Å². The van der Waals surface area contributed by atoms with Gasteiger partial charge in [0.2, 0.25) is 0 Å². The number of nitrogens with zero attached hydrogens (tertiary/aromatic N) is 1. The molecule has 1 atom stereocenters. The normalized spacial score (nSPS) is 23.1. The van der Waals surface area contributed by atoms with Gasteiger partial charge in [0.15, 0.2) is 0 Å². The monoisotopic (exact) mass is 295 g/mol. The van der Waals surface area contributed by atoms with Gasteiger partial charge in [0, 0.05) is 28.9 Å². The highest BCUT2D eigenvalue weighted by atomic mass is 16.1. The summed E-state index contributed by atoms with van der Waals surface area (Å²) >= 11 is 0. The molecule has 0 saturated heterocycles. The van der Waals surface area contributed by atoms with Crippen LogP contribution in [0.1, 0.15) is 47.4 Å². The Kier molecular flexibility index (Phi) is 2.90. The SMILES string of the molecule is CCC1(C)Cc2[nH]nc(-c3ccc4c(c3)CCNC4=O)c2C1. The minimum atomic E-state index is 0.0404. The molecule has 0 spiro atoms. The Hall–Kier alpha value is -2.10. The van der Waals surface area contributed by atoms with Crippen LogP contribution in [0.4, 0.5) is 0 Å². The Balaban J connectivity index is 1.75. The topological polar surface area (TPSA) is 57.8 Å². The predicted octanol–water partition coefficient (Wildman–Crippen LogP) is 2.88. The lowest BCUT2D eigenvalue weighted by atomic mass is 9.84. The molecule has 2 heterocycles. The Morgan fingerprint density at radius 2 is 2.18 bits per heavy atom. The highest BCUT2D eigenvalue weighted by Crippen LogP contribution is 2.42. The number of carbonyl (C=O) groups excluding carboxylic acids is 1. The van der Waals surface area contributed by atoms with Gasteiger partial charge in [0.05, 0.1) is 5.69 Å². The Morgan fingerprint density at radius 3 is 3.00 bits per heavy atom. The smallest absolute Gasteiger partial charge is 0.251 e. The number of hydrogen-bond donors (Lipinski definition) is 2. The summed E-state index contributed by atoms with van der Waals surface area (Å²) in [4.78, 5) is 11.9. The van der Waals surface area contributed by atoms with Gasteiger partial charge >= 0.3 is 0 Å². The molecule has 4 rings (SSSR count). The van der Waals surface area contributed by atoms with Gasteiger partial charge in [-0.2, -0.15) is 5.10 Å². The van der Waals surface area contributed by atoms with Gasteiger partial charge in [-0.15, -0.1) is 0 Å². The molecule has 2 aliphatic rings. The van der Waals surface area contributed by atoms with E-state index in [2.05, 4.69) is 35.4 Å². The molecule has 2 N–H and O–H groups in total. The number of aromatic amines is 1. The summed E-state index contributed by atoms with van der Waals surface area (Å²) in [6.45, 7) is 5.33. The molecule has 0 saturated carbocycles. The molecule has 0 bridgehead atoms. The molecule has 114 valence electrons. The number of carbonyl (C=O) groups is 1. The van der Waals surface area contributed by atoms with E-state index in [9.17, 15) is 4.79 Å². The van der Waals surface area contributed by atoms with E-state index in [1.165, 1.54) is 17.7 Å². The fourth-order valence-corrected chi connectivity index (χ4v) is 3.72. The first-order chi connectivity index (χ1) is 10.6. The second-order valence-corrected chi connectivity index (χ2v) is 6.92. The molecule has 0 fully saturated rings. The van der Waals surface area contributed by atoms with Crippen LogP contribution in [-0.2, 0) is 19.3 Å². The van der Waals surface area contributed by atoms with Crippen molar-refractivity contribution in [1.82, 2.24) is 15.5 Å². The van der Waals surface area contributed by atoms with E-state index in [1.54, 1.807) is 0 Å². The van der Waals surface area contributed by atoms with Gasteiger partial charge in [0.25, 0.3) is 5.91 Å². The second-order valence-electron chi connectivity index (χ2n) is 6.92. The van der Waals surface area contributed by atoms with Gasteiger partial charge < -0.3 is 5.32 Å². The zero-order valence-electron chi connectivity index (χ0n) is 13.1. The van der Waals surface area contributed by atoms with Crippen LogP contribution in [0, 0.1) is 5.41 Å². The summed E-state index contributed by atoms with van der Waals surface area (Å²) in [6.07, 6.45) is 4.24. The third-order valence-electron chi connectivity index (χ3n) is 5.32. The van der Waals surface area contributed by atoms with E-state index in [0.717, 1.165) is 48.2 Å². The van der Waals surface area contributed by atoms with E-state index < -0.39 is 0 Å². The molecule has 2 aromatic rings. The van der Waals surface area contributed by atoms with Crippen LogP contribution in [0.2, 0.25) is 0 Å². The van der Waals surface area contributed by atoms with E-state index in [-0.39, 0.29) is 5.91 Å². The number of H-pyrrole nitrogens is 1. The largest absolute Gasteiger partial charge is 0.352 e. The quantitative estimate of drug-likeness (QED) is 0.895. The summed E-state index contributed by atoms with van der Waals surface area (Å²) in [7, 11) is 0. The van der Waals surface area contributed by atoms with Gasteiger partial charge in [-0.1, -0.05) is 26.3 Å². The van der Waals surface area contributed by atoms with Crippen molar-refractivity contribution in [3.05, 3.63) is 40.6 Å². The maximum absolute atomic E-state index is 11.9. The fraction of sp³-hybridized carbons (Fsp3) is 0.444. The highest BCUT2D eigenvalue weighted by Gasteiger charge is 2.35. The Morgan fingerprint density at radius 1 is 1.32 bits per heavy atom. The average Bonchev–Trinajstić information content (AvgIpc) is 3.04. The van der Waals surface area contributed by atoms with Gasteiger partial charge in [-0.25, -0.2) is 0 Å². The van der Waals surface area contributed by atoms with Crippen LogP contribution in [0.25, 0.3) is 11.3 Å². The summed E-state index contributed by atoms with van der Waals surface area (Å²) in [5, 5.41) is 10.7. The van der Waals surface area contributed by atoms with Crippen molar-refractivity contribution in [3.63, 3.8) is 0 Å². The predicted molar refractivity (Wildman–Crippen MR) is 85.9 cm³/mol. The van der Waals surface area contributed by atoms with Crippen LogP contribution >= 0.6 is 0 Å². The van der Waals surface area contributed by atoms with Gasteiger partial charge in [0.1, 0.15) is 0 Å². The summed E-state index contributed by atoms with van der Waals surface area (Å²) in [5.41, 5.74) is 7.15. The molecular weight excluding hydrogens is 274 g/mol. The van der Waals surface area contributed by atoms with Crippen LogP contribution < -0.4 is 5.32 Å². The number of rotatable bonds is 2. The first-order valence-electron chi connectivity index (χ1n) is 8.07. The van der Waals surface area contributed by atoms with Crippen LogP contribution in [-0.4, -0.2) is 22.6 Å². The lowest BCUT2D eigenvalue weighted by Crippen LogP contribution is -2.31. The standard InChI is InChI=1S/C18H21N3O/c1-3-18(2)9-14-15(10-18)20-21-16(14)12-4-5-13-11(8-12)6-7-19-17(13)22/h4-5,8H,3,6-7,9-10H2,1-2H3,(H,19,22)(H,20,21). The lowest BCUT2D eigenvalue weighted by Gasteiger charge is -2.21. The van der Waals surface area contributed by atoms with Crippen LogP contribution in [0.3, 0.4) is 0 Å². The van der Waals surface area contributed by atoms with Crippen molar-refractivity contribution in [2.45, 2.75) is 39.5 Å². The number of benzene rings is 1. The van der Waals surface area contributed by atoms with Crippen molar-refractivity contribution in [3.8, 4) is 11.3 Å². The zero-order chi connectivity index (χ0) is 15.3. The van der Waals surface area contributed by atoms with E-state index >= 15 is 0 Å². The number of hydrogen-bond acceptors (Lipinski definition) is 2. The molecule has 22 heavy (non-hydrogen) atoms. The molecule has 4 nitrogen and oxygen atoms in total. The molecule has 1 unspecified atom stereocenters. The lowest BCUT2D eigenvalue weighted by molar-refractivity contribution is 0.0946. The second kappa shape index (κ2) is 4.70. The van der Waals surface area contributed by atoms with Crippen molar-refractivity contribution in [2.24, 2.45) is 5.41 Å². The zero-order valence-corrected chi connectivity index (χ0v) is 13.1. The molecule has 1 amide bonds. The highest BCUT2D eigenvalue weighted by molar-refractivity contribution is 5.97. The third-order valence-corrected chi connectivity index (χ3v) is 5.32. The number of amides is 1. The Labute approximate surface area is 130 Å². The molecule has 1 aliphatic heterocycles. The molecule has 1 aliphatic carbocycles. The van der Waals surface area contributed by atoms with Crippen molar-refractivity contribution in [2.75, 3.05) is 6.54 Å². The third kappa shape index (κ3) is 1.97. The Bertz CT molecular complexity index is 762. The minimum Gasteiger partial charge on any atom is -0.352 e. The number of nitrogens with one attached hydrogen (secondary N) is 2. The maximum atomic E-state index is 11.9. The first kappa shape index (κ1) is 13.6. The van der Waals surface area contributed by atoms with E-state index in [4.69, 9.17) is 0 Å². The molecule has 1 aromatic heterocycles. The van der Waals surface area contributed by atoms with Crippen LogP contribution in [0.5, 0.6) is 0 Å². The fourth-order valence-electron chi connectivity index (χ4n) is 3.72.